The van der Waals surface area contributed by atoms with E-state index in [1.54, 1.807) is 12.1 Å². The minimum absolute atomic E-state index is 0.152. The van der Waals surface area contributed by atoms with Crippen molar-refractivity contribution < 1.29 is 23.8 Å². The van der Waals surface area contributed by atoms with Crippen molar-refractivity contribution in [2.45, 2.75) is 13.8 Å². The van der Waals surface area contributed by atoms with Crippen molar-refractivity contribution in [2.24, 2.45) is 0 Å². The van der Waals surface area contributed by atoms with Crippen molar-refractivity contribution in [3.8, 4) is 5.75 Å². The second kappa shape index (κ2) is 9.95. The molecule has 7 nitrogen and oxygen atoms in total. The van der Waals surface area contributed by atoms with Gasteiger partial charge >= 0.3 is 5.97 Å². The van der Waals surface area contributed by atoms with E-state index in [-0.39, 0.29) is 12.5 Å². The molecule has 0 atom stereocenters. The molecule has 2 aromatic rings. The predicted octanol–water partition coefficient (Wildman–Crippen LogP) is 3.71. The third-order valence-corrected chi connectivity index (χ3v) is 5.35. The zero-order valence-electron chi connectivity index (χ0n) is 17.3. The lowest BCUT2D eigenvalue weighted by molar-refractivity contribution is -0.118. The molecule has 0 bridgehead atoms. The highest BCUT2D eigenvalue weighted by atomic mass is 79.9. The molecule has 3 rings (SSSR count). The van der Waals surface area contributed by atoms with E-state index in [2.05, 4.69) is 26.1 Å². The molecule has 1 aliphatic rings. The molecule has 1 N–H and O–H groups in total. The Morgan fingerprint density at radius 2 is 1.90 bits per heavy atom. The van der Waals surface area contributed by atoms with Gasteiger partial charge in [0.1, 0.15) is 5.75 Å². The largest absolute Gasteiger partial charge is 0.482 e. The van der Waals surface area contributed by atoms with Gasteiger partial charge in [0.05, 0.1) is 36.0 Å². The molecular formula is C22H25BrN2O5. The van der Waals surface area contributed by atoms with Crippen LogP contribution in [0.25, 0.3) is 0 Å². The number of nitrogens with one attached hydrogen (secondary N) is 1. The summed E-state index contributed by atoms with van der Waals surface area (Å²) >= 11 is 3.47. The number of rotatable bonds is 6. The van der Waals surface area contributed by atoms with Crippen molar-refractivity contribution in [3.05, 3.63) is 51.5 Å². The number of hydrogen-bond donors (Lipinski definition) is 1. The van der Waals surface area contributed by atoms with E-state index >= 15 is 0 Å². The maximum absolute atomic E-state index is 12.4. The summed E-state index contributed by atoms with van der Waals surface area (Å²) in [6.45, 7) is 6.35. The van der Waals surface area contributed by atoms with Gasteiger partial charge in [0.25, 0.3) is 5.91 Å². The first-order chi connectivity index (χ1) is 14.4. The van der Waals surface area contributed by atoms with Gasteiger partial charge in [0.15, 0.2) is 6.61 Å². The molecule has 0 unspecified atom stereocenters. The van der Waals surface area contributed by atoms with Crippen LogP contribution in [0.4, 0.5) is 11.4 Å². The van der Waals surface area contributed by atoms with Crippen molar-refractivity contribution in [1.29, 1.82) is 0 Å². The van der Waals surface area contributed by atoms with Crippen LogP contribution in [-0.2, 0) is 14.3 Å². The molecule has 1 aliphatic heterocycles. The molecule has 0 spiro atoms. The van der Waals surface area contributed by atoms with Crippen LogP contribution in [0, 0.1) is 13.8 Å². The minimum Gasteiger partial charge on any atom is -0.482 e. The van der Waals surface area contributed by atoms with Crippen molar-refractivity contribution in [2.75, 3.05) is 50.2 Å². The number of anilines is 2. The Bertz CT molecular complexity index is 918. The van der Waals surface area contributed by atoms with Gasteiger partial charge in [-0.25, -0.2) is 4.79 Å². The summed E-state index contributed by atoms with van der Waals surface area (Å²) in [5, 5.41) is 2.78. The van der Waals surface area contributed by atoms with Gasteiger partial charge in [0, 0.05) is 18.8 Å². The predicted molar refractivity (Wildman–Crippen MR) is 119 cm³/mol. The lowest BCUT2D eigenvalue weighted by Crippen LogP contribution is -2.37. The summed E-state index contributed by atoms with van der Waals surface area (Å²) in [4.78, 5) is 26.8. The number of esters is 1. The molecule has 1 fully saturated rings. The molecule has 1 heterocycles. The Balaban J connectivity index is 1.71. The first kappa shape index (κ1) is 22.1. The van der Waals surface area contributed by atoms with Gasteiger partial charge in [-0.05, 0) is 65.2 Å². The third-order valence-electron chi connectivity index (χ3n) is 4.76. The van der Waals surface area contributed by atoms with Crippen molar-refractivity contribution in [3.63, 3.8) is 0 Å². The molecule has 1 amide bonds. The standard InChI is InChI=1S/C22H25BrN2O5/c1-14-10-15(2)21(18(23)11-14)30-13-20(26)24-16-4-5-19(17(12-16)22(27)28-3)25-6-8-29-9-7-25/h4-5,10-12H,6-9,13H2,1-3H3,(H,24,26). The minimum atomic E-state index is -0.456. The number of amides is 1. The Labute approximate surface area is 184 Å². The number of aryl methyl sites for hydroxylation is 2. The molecular weight excluding hydrogens is 452 g/mol. The first-order valence-corrected chi connectivity index (χ1v) is 10.4. The molecule has 0 saturated carbocycles. The lowest BCUT2D eigenvalue weighted by Gasteiger charge is -2.30. The Hall–Kier alpha value is -2.58. The van der Waals surface area contributed by atoms with E-state index in [1.807, 2.05) is 32.0 Å². The number of carbonyl (C=O) groups is 2. The Kier molecular flexibility index (Phi) is 7.33. The van der Waals surface area contributed by atoms with E-state index in [9.17, 15) is 9.59 Å². The second-order valence-electron chi connectivity index (χ2n) is 7.05. The number of morpholine rings is 1. The normalized spacial score (nSPS) is 13.7. The van der Waals surface area contributed by atoms with E-state index in [1.165, 1.54) is 7.11 Å². The quantitative estimate of drug-likeness (QED) is 0.640. The summed E-state index contributed by atoms with van der Waals surface area (Å²) in [6.07, 6.45) is 0. The van der Waals surface area contributed by atoms with Gasteiger partial charge in [-0.3, -0.25) is 4.79 Å². The number of carbonyl (C=O) groups excluding carboxylic acids is 2. The fraction of sp³-hybridized carbons (Fsp3) is 0.364. The zero-order chi connectivity index (χ0) is 21.7. The van der Waals surface area contributed by atoms with Gasteiger partial charge < -0.3 is 24.4 Å². The van der Waals surface area contributed by atoms with Crippen LogP contribution in [0.2, 0.25) is 0 Å². The summed E-state index contributed by atoms with van der Waals surface area (Å²) in [6, 6.07) is 9.14. The summed E-state index contributed by atoms with van der Waals surface area (Å²) in [5.74, 6) is -0.145. The average Bonchev–Trinajstić information content (AvgIpc) is 2.73. The van der Waals surface area contributed by atoms with Crippen LogP contribution in [-0.4, -0.2) is 51.9 Å². The number of hydrogen-bond acceptors (Lipinski definition) is 6. The topological polar surface area (TPSA) is 77.1 Å². The number of ether oxygens (including phenoxy) is 3. The van der Waals surface area contributed by atoms with Crippen LogP contribution >= 0.6 is 15.9 Å². The average molecular weight is 477 g/mol. The van der Waals surface area contributed by atoms with Crippen LogP contribution < -0.4 is 15.0 Å². The summed E-state index contributed by atoms with van der Waals surface area (Å²) < 4.78 is 16.8. The van der Waals surface area contributed by atoms with Gasteiger partial charge in [-0.2, -0.15) is 0 Å². The molecule has 30 heavy (non-hydrogen) atoms. The van der Waals surface area contributed by atoms with Crippen molar-refractivity contribution in [1.82, 2.24) is 0 Å². The first-order valence-electron chi connectivity index (χ1n) is 9.63. The van der Waals surface area contributed by atoms with Gasteiger partial charge in [0.2, 0.25) is 0 Å². The highest BCUT2D eigenvalue weighted by Crippen LogP contribution is 2.30. The Morgan fingerprint density at radius 3 is 2.57 bits per heavy atom. The second-order valence-corrected chi connectivity index (χ2v) is 7.91. The fourth-order valence-electron chi connectivity index (χ4n) is 3.39. The monoisotopic (exact) mass is 476 g/mol. The van der Waals surface area contributed by atoms with Gasteiger partial charge in [-0.1, -0.05) is 6.07 Å². The number of halogens is 1. The molecule has 0 aliphatic carbocycles. The SMILES string of the molecule is COC(=O)c1cc(NC(=O)COc2c(C)cc(C)cc2Br)ccc1N1CCOCC1. The molecule has 2 aromatic carbocycles. The van der Waals surface area contributed by atoms with Crippen molar-refractivity contribution >= 4 is 39.2 Å². The molecule has 160 valence electrons. The molecule has 0 aromatic heterocycles. The smallest absolute Gasteiger partial charge is 0.340 e. The molecule has 0 radical (unpaired) electrons. The van der Waals surface area contributed by atoms with Crippen LogP contribution in [0.5, 0.6) is 5.75 Å². The third kappa shape index (κ3) is 5.31. The van der Waals surface area contributed by atoms with E-state index in [0.717, 1.165) is 21.3 Å². The number of nitrogens with zero attached hydrogens (tertiary/aromatic N) is 1. The number of methoxy groups -OCH3 is 1. The lowest BCUT2D eigenvalue weighted by atomic mass is 10.1. The van der Waals surface area contributed by atoms with E-state index < -0.39 is 5.97 Å². The summed E-state index contributed by atoms with van der Waals surface area (Å²) in [7, 11) is 1.34. The summed E-state index contributed by atoms with van der Waals surface area (Å²) in [5.41, 5.74) is 3.71. The van der Waals surface area contributed by atoms with Crippen LogP contribution in [0.3, 0.4) is 0 Å². The maximum Gasteiger partial charge on any atom is 0.340 e. The zero-order valence-corrected chi connectivity index (χ0v) is 18.9. The highest BCUT2D eigenvalue weighted by Gasteiger charge is 2.20. The fourth-order valence-corrected chi connectivity index (χ4v) is 4.18. The van der Waals surface area contributed by atoms with Crippen LogP contribution in [0.15, 0.2) is 34.8 Å². The number of benzene rings is 2. The highest BCUT2D eigenvalue weighted by molar-refractivity contribution is 9.10. The maximum atomic E-state index is 12.4. The van der Waals surface area contributed by atoms with Gasteiger partial charge in [-0.15, -0.1) is 0 Å². The van der Waals surface area contributed by atoms with E-state index in [4.69, 9.17) is 14.2 Å². The molecule has 1 saturated heterocycles. The van der Waals surface area contributed by atoms with E-state index in [0.29, 0.717) is 43.3 Å². The Morgan fingerprint density at radius 1 is 1.17 bits per heavy atom. The molecule has 8 heteroatoms. The van der Waals surface area contributed by atoms with Crippen LogP contribution in [0.1, 0.15) is 21.5 Å².